The van der Waals surface area contributed by atoms with Gasteiger partial charge in [-0.15, -0.1) is 0 Å². The summed E-state index contributed by atoms with van der Waals surface area (Å²) in [7, 11) is 0. The fraction of sp³-hybridized carbons (Fsp3) is 0.900. The van der Waals surface area contributed by atoms with Crippen LogP contribution in [0.2, 0.25) is 0 Å². The molecule has 1 aliphatic carbocycles. The first-order valence-electron chi connectivity index (χ1n) is 5.72. The van der Waals surface area contributed by atoms with Crippen molar-refractivity contribution in [1.82, 2.24) is 5.32 Å². The van der Waals surface area contributed by atoms with Crippen molar-refractivity contribution in [3.8, 4) is 0 Å². The van der Waals surface area contributed by atoms with E-state index in [0.717, 1.165) is 19.3 Å². The van der Waals surface area contributed by atoms with Crippen LogP contribution >= 0.6 is 0 Å². The Morgan fingerprint density at radius 2 is 2.19 bits per heavy atom. The third kappa shape index (κ3) is 4.89. The van der Waals surface area contributed by atoms with Crippen molar-refractivity contribution >= 4 is 6.09 Å². The van der Waals surface area contributed by atoms with Crippen LogP contribution in [0.5, 0.6) is 0 Å². The molecular formula is C10H18N4O2. The summed E-state index contributed by atoms with van der Waals surface area (Å²) in [5, 5.41) is 14.5. The Morgan fingerprint density at radius 3 is 2.75 bits per heavy atom. The number of hydrogen-bond donors (Lipinski definition) is 2. The molecule has 1 rings (SSSR count). The molecule has 0 radical (unpaired) electrons. The molecule has 1 fully saturated rings. The molecule has 0 aromatic carbocycles. The number of nitrogens with one attached hydrogen (secondary N) is 1. The second-order valence-corrected chi connectivity index (χ2v) is 4.30. The number of azide groups is 1. The van der Waals surface area contributed by atoms with Gasteiger partial charge in [-0.1, -0.05) is 37.2 Å². The monoisotopic (exact) mass is 226 g/mol. The fourth-order valence-corrected chi connectivity index (χ4v) is 2.31. The topological polar surface area (TPSA) is 98.1 Å². The second-order valence-electron chi connectivity index (χ2n) is 4.30. The number of amides is 1. The minimum Gasteiger partial charge on any atom is -0.465 e. The lowest BCUT2D eigenvalue weighted by atomic mass is 9.85. The zero-order valence-electron chi connectivity index (χ0n) is 9.30. The molecule has 0 aromatic rings. The molecule has 90 valence electrons. The zero-order chi connectivity index (χ0) is 11.8. The van der Waals surface area contributed by atoms with Crippen molar-refractivity contribution in [1.29, 1.82) is 0 Å². The van der Waals surface area contributed by atoms with E-state index in [1.165, 1.54) is 19.3 Å². The Labute approximate surface area is 94.7 Å². The molecule has 0 aliphatic heterocycles. The summed E-state index contributed by atoms with van der Waals surface area (Å²) in [6.07, 6.45) is 5.80. The van der Waals surface area contributed by atoms with Crippen LogP contribution in [0.25, 0.3) is 10.4 Å². The standard InChI is InChI=1S/C10H18N4O2/c11-14-12-7-9(13-10(15)16)6-8-4-2-1-3-5-8/h8-9,13H,1-7H2,(H,15,16). The molecule has 0 spiro atoms. The molecule has 1 unspecified atom stereocenters. The Hall–Kier alpha value is -1.42. The Balaban J connectivity index is 2.40. The summed E-state index contributed by atoms with van der Waals surface area (Å²) in [4.78, 5) is 13.2. The third-order valence-corrected chi connectivity index (χ3v) is 3.04. The van der Waals surface area contributed by atoms with Crippen LogP contribution in [-0.4, -0.2) is 23.8 Å². The van der Waals surface area contributed by atoms with Crippen LogP contribution in [0, 0.1) is 5.92 Å². The zero-order valence-corrected chi connectivity index (χ0v) is 9.30. The van der Waals surface area contributed by atoms with Crippen molar-refractivity contribution in [3.63, 3.8) is 0 Å². The molecular weight excluding hydrogens is 208 g/mol. The minimum atomic E-state index is -1.05. The van der Waals surface area contributed by atoms with E-state index < -0.39 is 6.09 Å². The molecule has 6 nitrogen and oxygen atoms in total. The first-order valence-corrected chi connectivity index (χ1v) is 5.72. The van der Waals surface area contributed by atoms with Gasteiger partial charge in [0.25, 0.3) is 0 Å². The lowest BCUT2D eigenvalue weighted by Crippen LogP contribution is -2.37. The molecule has 1 amide bonds. The van der Waals surface area contributed by atoms with Crippen LogP contribution < -0.4 is 5.32 Å². The first kappa shape index (κ1) is 12.6. The quantitative estimate of drug-likeness (QED) is 0.428. The van der Waals surface area contributed by atoms with E-state index in [2.05, 4.69) is 15.3 Å². The van der Waals surface area contributed by atoms with Gasteiger partial charge in [-0.05, 0) is 17.9 Å². The fourth-order valence-electron chi connectivity index (χ4n) is 2.31. The summed E-state index contributed by atoms with van der Waals surface area (Å²) in [6.45, 7) is 0.208. The summed E-state index contributed by atoms with van der Waals surface area (Å²) in [6, 6.07) is -0.239. The molecule has 1 atom stereocenters. The number of carboxylic acid groups (broad SMARTS) is 1. The van der Waals surface area contributed by atoms with Gasteiger partial charge in [0.1, 0.15) is 0 Å². The summed E-state index contributed by atoms with van der Waals surface area (Å²) < 4.78 is 0. The van der Waals surface area contributed by atoms with E-state index in [1.807, 2.05) is 0 Å². The summed E-state index contributed by atoms with van der Waals surface area (Å²) in [5.41, 5.74) is 8.24. The van der Waals surface area contributed by atoms with Gasteiger partial charge in [-0.3, -0.25) is 0 Å². The van der Waals surface area contributed by atoms with E-state index >= 15 is 0 Å². The molecule has 1 saturated carbocycles. The van der Waals surface area contributed by atoms with Gasteiger partial charge in [0.15, 0.2) is 0 Å². The Kier molecular flexibility index (Phi) is 5.50. The van der Waals surface area contributed by atoms with E-state index in [9.17, 15) is 4.79 Å². The van der Waals surface area contributed by atoms with E-state index in [-0.39, 0.29) is 12.6 Å². The highest BCUT2D eigenvalue weighted by Gasteiger charge is 2.19. The minimum absolute atomic E-state index is 0.208. The first-order chi connectivity index (χ1) is 7.72. The molecule has 0 heterocycles. The molecule has 1 aliphatic rings. The van der Waals surface area contributed by atoms with Gasteiger partial charge in [0.05, 0.1) is 0 Å². The van der Waals surface area contributed by atoms with Crippen molar-refractivity contribution < 1.29 is 9.90 Å². The smallest absolute Gasteiger partial charge is 0.404 e. The molecule has 16 heavy (non-hydrogen) atoms. The average molecular weight is 226 g/mol. The van der Waals surface area contributed by atoms with Crippen molar-refractivity contribution in [2.24, 2.45) is 11.0 Å². The normalized spacial score (nSPS) is 18.5. The maximum Gasteiger partial charge on any atom is 0.404 e. The van der Waals surface area contributed by atoms with Gasteiger partial charge in [-0.25, -0.2) is 4.79 Å². The largest absolute Gasteiger partial charge is 0.465 e. The van der Waals surface area contributed by atoms with Crippen LogP contribution in [0.4, 0.5) is 4.79 Å². The van der Waals surface area contributed by atoms with E-state index in [1.54, 1.807) is 0 Å². The van der Waals surface area contributed by atoms with Gasteiger partial charge >= 0.3 is 6.09 Å². The molecule has 0 bridgehead atoms. The van der Waals surface area contributed by atoms with Gasteiger partial charge in [0.2, 0.25) is 0 Å². The van der Waals surface area contributed by atoms with Gasteiger partial charge in [0, 0.05) is 17.5 Å². The van der Waals surface area contributed by atoms with Crippen molar-refractivity contribution in [2.45, 2.75) is 44.6 Å². The SMILES string of the molecule is [N-]=[N+]=NCC(CC1CCCCC1)NC(=O)O. The predicted octanol–water partition coefficient (Wildman–Crippen LogP) is 2.90. The number of rotatable bonds is 5. The Bertz CT molecular complexity index is 266. The van der Waals surface area contributed by atoms with E-state index in [4.69, 9.17) is 10.6 Å². The van der Waals surface area contributed by atoms with Crippen LogP contribution in [-0.2, 0) is 0 Å². The maximum absolute atomic E-state index is 10.6. The average Bonchev–Trinajstić information content (AvgIpc) is 2.26. The molecule has 6 heteroatoms. The molecule has 0 aromatic heterocycles. The molecule has 2 N–H and O–H groups in total. The number of hydrogen-bond acceptors (Lipinski definition) is 2. The van der Waals surface area contributed by atoms with E-state index in [0.29, 0.717) is 5.92 Å². The highest BCUT2D eigenvalue weighted by atomic mass is 16.4. The predicted molar refractivity (Wildman–Crippen MR) is 60.2 cm³/mol. The molecule has 0 saturated heterocycles. The number of carbonyl (C=O) groups is 1. The number of nitrogens with zero attached hydrogens (tertiary/aromatic N) is 3. The highest BCUT2D eigenvalue weighted by molar-refractivity contribution is 5.64. The second kappa shape index (κ2) is 6.95. The van der Waals surface area contributed by atoms with Crippen LogP contribution in [0.3, 0.4) is 0 Å². The maximum atomic E-state index is 10.6. The summed E-state index contributed by atoms with van der Waals surface area (Å²) >= 11 is 0. The van der Waals surface area contributed by atoms with Gasteiger partial charge < -0.3 is 10.4 Å². The lowest BCUT2D eigenvalue weighted by Gasteiger charge is -2.25. The van der Waals surface area contributed by atoms with Crippen molar-refractivity contribution in [2.75, 3.05) is 6.54 Å². The third-order valence-electron chi connectivity index (χ3n) is 3.04. The van der Waals surface area contributed by atoms with Crippen LogP contribution in [0.1, 0.15) is 38.5 Å². The van der Waals surface area contributed by atoms with Crippen LogP contribution in [0.15, 0.2) is 5.11 Å². The lowest BCUT2D eigenvalue weighted by molar-refractivity contribution is 0.186. The Morgan fingerprint density at radius 1 is 1.50 bits per heavy atom. The van der Waals surface area contributed by atoms with Gasteiger partial charge in [-0.2, -0.15) is 0 Å². The van der Waals surface area contributed by atoms with Crippen molar-refractivity contribution in [3.05, 3.63) is 10.4 Å². The summed E-state index contributed by atoms with van der Waals surface area (Å²) in [5.74, 6) is 0.569. The highest BCUT2D eigenvalue weighted by Crippen LogP contribution is 2.27.